The van der Waals surface area contributed by atoms with Gasteiger partial charge in [0, 0.05) is 12.3 Å². The molecular formula is C38H35N3O9. The maximum absolute atomic E-state index is 13.4. The van der Waals surface area contributed by atoms with Crippen molar-refractivity contribution in [3.05, 3.63) is 165 Å². The molecule has 5 aromatic rings. The number of hydrogen-bond acceptors (Lipinski definition) is 9. The van der Waals surface area contributed by atoms with Gasteiger partial charge >= 0.3 is 11.8 Å². The Bertz CT molecular complexity index is 1990. The Kier molecular flexibility index (Phi) is 9.22. The normalized spacial score (nSPS) is 20.0. The summed E-state index contributed by atoms with van der Waals surface area (Å²) in [5, 5.41) is 1.11. The first-order chi connectivity index (χ1) is 24.4. The quantitative estimate of drug-likeness (QED) is 0.186. The minimum atomic E-state index is -1.18. The van der Waals surface area contributed by atoms with E-state index in [1.807, 2.05) is 109 Å². The second-order valence-corrected chi connectivity index (χ2v) is 11.8. The van der Waals surface area contributed by atoms with Crippen LogP contribution in [0.3, 0.4) is 0 Å². The monoisotopic (exact) mass is 677 g/mol. The van der Waals surface area contributed by atoms with Crippen LogP contribution >= 0.6 is 0 Å². The third kappa shape index (κ3) is 6.15. The number of rotatable bonds is 12. The second-order valence-electron chi connectivity index (χ2n) is 11.8. The Hall–Kier alpha value is -5.69. The van der Waals surface area contributed by atoms with E-state index in [0.29, 0.717) is 11.5 Å². The number of aromatic amines is 1. The summed E-state index contributed by atoms with van der Waals surface area (Å²) in [6.45, 7) is -0.0118. The average Bonchev–Trinajstić information content (AvgIpc) is 3.67. The van der Waals surface area contributed by atoms with Crippen LogP contribution in [-0.2, 0) is 31.3 Å². The second kappa shape index (κ2) is 14.0. The molecule has 7 rings (SSSR count). The molecule has 1 amide bonds. The van der Waals surface area contributed by atoms with Crippen molar-refractivity contribution >= 4 is 6.09 Å². The number of ether oxygens (including phenoxy) is 5. The molecule has 0 unspecified atom stereocenters. The van der Waals surface area contributed by atoms with Crippen LogP contribution in [0, 0.1) is 0 Å². The number of nitrogens with zero attached hydrogens (tertiary/aromatic N) is 2. The van der Waals surface area contributed by atoms with Gasteiger partial charge in [0.25, 0.3) is 5.56 Å². The third-order valence-electron chi connectivity index (χ3n) is 8.97. The topological polar surface area (TPSA) is 131 Å². The summed E-state index contributed by atoms with van der Waals surface area (Å²) in [6, 6.07) is 34.6. The fourth-order valence-electron chi connectivity index (χ4n) is 6.53. The van der Waals surface area contributed by atoms with Gasteiger partial charge in [-0.3, -0.25) is 19.2 Å². The zero-order valence-electron chi connectivity index (χ0n) is 27.3. The fourth-order valence-corrected chi connectivity index (χ4v) is 6.53. The van der Waals surface area contributed by atoms with Crippen LogP contribution in [0.4, 0.5) is 4.79 Å². The molecule has 50 heavy (non-hydrogen) atoms. The van der Waals surface area contributed by atoms with Gasteiger partial charge in [0.2, 0.25) is 0 Å². The molecule has 0 saturated carbocycles. The highest BCUT2D eigenvalue weighted by atomic mass is 16.8. The number of nitrogens with one attached hydrogen (secondary N) is 1. The fraction of sp³-hybridized carbons (Fsp3) is 0.237. The zero-order chi connectivity index (χ0) is 34.7. The number of H-pyrrole nitrogens is 1. The van der Waals surface area contributed by atoms with Crippen molar-refractivity contribution < 1.29 is 33.3 Å². The molecule has 0 spiro atoms. The van der Waals surface area contributed by atoms with E-state index in [0.717, 1.165) is 27.3 Å². The maximum atomic E-state index is 13.4. The van der Waals surface area contributed by atoms with E-state index in [4.69, 9.17) is 28.5 Å². The largest absolute Gasteiger partial charge is 0.497 e. The molecule has 0 aliphatic carbocycles. The molecule has 12 nitrogen and oxygen atoms in total. The molecule has 256 valence electrons. The highest BCUT2D eigenvalue weighted by Crippen LogP contribution is 2.44. The van der Waals surface area contributed by atoms with Gasteiger partial charge in [0.1, 0.15) is 35.9 Å². The van der Waals surface area contributed by atoms with Crippen molar-refractivity contribution in [1.29, 1.82) is 0 Å². The van der Waals surface area contributed by atoms with Crippen molar-refractivity contribution in [3.63, 3.8) is 0 Å². The lowest BCUT2D eigenvalue weighted by Crippen LogP contribution is -2.44. The number of amides is 1. The first-order valence-electron chi connectivity index (χ1n) is 16.0. The van der Waals surface area contributed by atoms with Crippen LogP contribution in [0.5, 0.6) is 11.5 Å². The predicted molar refractivity (Wildman–Crippen MR) is 181 cm³/mol. The van der Waals surface area contributed by atoms with Crippen molar-refractivity contribution in [2.45, 2.75) is 36.7 Å². The van der Waals surface area contributed by atoms with Gasteiger partial charge in [-0.1, -0.05) is 84.9 Å². The van der Waals surface area contributed by atoms with E-state index in [1.54, 1.807) is 14.2 Å². The van der Waals surface area contributed by atoms with Crippen molar-refractivity contribution in [2.75, 3.05) is 20.8 Å². The molecule has 2 aliphatic rings. The lowest BCUT2D eigenvalue weighted by Gasteiger charge is -2.37. The van der Waals surface area contributed by atoms with Crippen LogP contribution in [0.1, 0.15) is 28.5 Å². The van der Waals surface area contributed by atoms with E-state index in [1.165, 1.54) is 16.8 Å². The number of benzene rings is 4. The molecule has 1 N–H and O–H groups in total. The minimum absolute atomic E-state index is 0.0691. The van der Waals surface area contributed by atoms with Crippen molar-refractivity contribution in [3.8, 4) is 11.5 Å². The number of carbonyl (C=O) groups excluding carboxylic acids is 1. The van der Waals surface area contributed by atoms with Gasteiger partial charge < -0.3 is 23.7 Å². The Balaban J connectivity index is 1.28. The van der Waals surface area contributed by atoms with E-state index < -0.39 is 47.4 Å². The number of hydroxylamine groups is 2. The highest BCUT2D eigenvalue weighted by Gasteiger charge is 2.59. The van der Waals surface area contributed by atoms with Gasteiger partial charge in [-0.25, -0.2) is 9.59 Å². The number of carbonyl (C=O) groups is 1. The lowest BCUT2D eigenvalue weighted by molar-refractivity contribution is -0.171. The van der Waals surface area contributed by atoms with Crippen molar-refractivity contribution in [1.82, 2.24) is 14.6 Å². The summed E-state index contributed by atoms with van der Waals surface area (Å²) in [4.78, 5) is 46.7. The summed E-state index contributed by atoms with van der Waals surface area (Å²) >= 11 is 0. The SMILES string of the molecule is COc1ccc(C(OC[C@H]2O[C@@H](n3ccc(=O)[nH]c3=O)[C@H]3[C@@H]2OC(=O)N3OCc2ccccc2)(c2ccccc2)c2ccc(OC)cc2)cc1. The van der Waals surface area contributed by atoms with Crippen LogP contribution in [-0.4, -0.2) is 59.8 Å². The Morgan fingerprint density at radius 1 is 0.740 bits per heavy atom. The summed E-state index contributed by atoms with van der Waals surface area (Å²) in [5.74, 6) is 1.35. The Morgan fingerprint density at radius 2 is 1.32 bits per heavy atom. The molecule has 2 saturated heterocycles. The zero-order valence-corrected chi connectivity index (χ0v) is 27.3. The van der Waals surface area contributed by atoms with Gasteiger partial charge in [0.05, 0.1) is 20.8 Å². The molecule has 0 radical (unpaired) electrons. The number of aromatic nitrogens is 2. The van der Waals surface area contributed by atoms with Gasteiger partial charge in [-0.15, -0.1) is 0 Å². The summed E-state index contributed by atoms with van der Waals surface area (Å²) in [7, 11) is 3.21. The smallest absolute Gasteiger partial charge is 0.434 e. The summed E-state index contributed by atoms with van der Waals surface area (Å²) in [5.41, 5.74) is 0.796. The van der Waals surface area contributed by atoms with Gasteiger partial charge in [0.15, 0.2) is 12.3 Å². The third-order valence-corrected chi connectivity index (χ3v) is 8.97. The minimum Gasteiger partial charge on any atom is -0.497 e. The van der Waals surface area contributed by atoms with E-state index >= 15 is 0 Å². The van der Waals surface area contributed by atoms with Crippen LogP contribution in [0.2, 0.25) is 0 Å². The molecule has 4 atom stereocenters. The van der Waals surface area contributed by atoms with E-state index in [9.17, 15) is 14.4 Å². The first kappa shape index (κ1) is 32.8. The van der Waals surface area contributed by atoms with Crippen molar-refractivity contribution in [2.24, 2.45) is 0 Å². The van der Waals surface area contributed by atoms with Crippen LogP contribution in [0.25, 0.3) is 0 Å². The van der Waals surface area contributed by atoms with Gasteiger partial charge in [-0.2, -0.15) is 5.06 Å². The molecule has 3 heterocycles. The van der Waals surface area contributed by atoms with Gasteiger partial charge in [-0.05, 0) is 46.5 Å². The van der Waals surface area contributed by atoms with Crippen LogP contribution in [0.15, 0.2) is 131 Å². The van der Waals surface area contributed by atoms with E-state index in [2.05, 4.69) is 4.98 Å². The number of fused-ring (bicyclic) bond motifs is 1. The maximum Gasteiger partial charge on any atom is 0.434 e. The number of methoxy groups -OCH3 is 2. The highest BCUT2D eigenvalue weighted by molar-refractivity contribution is 5.70. The standard InChI is InChI=1S/C38H35N3O9/c1-45-29-17-13-27(14-18-29)38(26-11-7-4-8-12-26,28-15-19-30(46-2)20-16-28)47-24-31-34-33(35(49-31)40-22-21-32(42)39-36(40)43)41(37(44)50-34)48-23-25-9-5-3-6-10-25/h3-22,31,33-35H,23-24H2,1-2H3,(H,39,42,43)/t31-,33-,34-,35-/m1/s1. The molecule has 0 bridgehead atoms. The Labute approximate surface area is 287 Å². The molecule has 2 aliphatic heterocycles. The van der Waals surface area contributed by atoms with Crippen LogP contribution < -0.4 is 20.7 Å². The first-order valence-corrected chi connectivity index (χ1v) is 16.0. The molecule has 4 aromatic carbocycles. The average molecular weight is 678 g/mol. The molecular weight excluding hydrogens is 642 g/mol. The van der Waals surface area contributed by atoms with E-state index in [-0.39, 0.29) is 13.2 Å². The molecule has 12 heteroatoms. The summed E-state index contributed by atoms with van der Waals surface area (Å²) < 4.78 is 31.6. The predicted octanol–water partition coefficient (Wildman–Crippen LogP) is 4.78. The Morgan fingerprint density at radius 3 is 1.90 bits per heavy atom. The summed E-state index contributed by atoms with van der Waals surface area (Å²) in [6.07, 6.45) is -2.24. The molecule has 1 aromatic heterocycles. The molecule has 2 fully saturated rings. The lowest BCUT2D eigenvalue weighted by atomic mass is 9.80. The number of hydrogen-bond donors (Lipinski definition) is 1.